The first-order valence-electron chi connectivity index (χ1n) is 6.51. The summed E-state index contributed by atoms with van der Waals surface area (Å²) in [5.74, 6) is 0.875. The van der Waals surface area contributed by atoms with Gasteiger partial charge in [0.05, 0.1) is 6.61 Å². The molecule has 18 heavy (non-hydrogen) atoms. The van der Waals surface area contributed by atoms with E-state index >= 15 is 0 Å². The lowest BCUT2D eigenvalue weighted by molar-refractivity contribution is 0.263. The van der Waals surface area contributed by atoms with Gasteiger partial charge in [-0.1, -0.05) is 12.1 Å². The van der Waals surface area contributed by atoms with Crippen molar-refractivity contribution in [2.75, 3.05) is 19.8 Å². The maximum Gasteiger partial charge on any atom is 0.119 e. The Bertz CT molecular complexity index is 327. The third-order valence-corrected chi connectivity index (χ3v) is 2.88. The van der Waals surface area contributed by atoms with Gasteiger partial charge in [0.1, 0.15) is 5.75 Å². The fraction of sp³-hybridized carbons (Fsp3) is 0.571. The van der Waals surface area contributed by atoms with Gasteiger partial charge < -0.3 is 20.9 Å². The summed E-state index contributed by atoms with van der Waals surface area (Å²) in [5.41, 5.74) is 6.93. The van der Waals surface area contributed by atoms with Gasteiger partial charge in [-0.05, 0) is 38.0 Å². The van der Waals surface area contributed by atoms with E-state index in [9.17, 15) is 0 Å². The number of aliphatic hydroxyl groups excluding tert-OH is 1. The molecule has 4 heteroatoms. The van der Waals surface area contributed by atoms with Crippen molar-refractivity contribution in [1.29, 1.82) is 0 Å². The van der Waals surface area contributed by atoms with Crippen molar-refractivity contribution in [3.8, 4) is 5.75 Å². The molecule has 2 atom stereocenters. The molecule has 0 saturated heterocycles. The Morgan fingerprint density at radius 3 is 2.50 bits per heavy atom. The molecule has 1 aromatic carbocycles. The summed E-state index contributed by atoms with van der Waals surface area (Å²) < 4.78 is 5.41. The molecule has 0 fully saturated rings. The number of ether oxygens (including phenoxy) is 1. The predicted molar refractivity (Wildman–Crippen MR) is 73.7 cm³/mol. The van der Waals surface area contributed by atoms with Crippen molar-refractivity contribution in [2.45, 2.75) is 32.4 Å². The number of aliphatic hydroxyl groups is 1. The SMILES string of the molecule is CCOc1ccc(C(CN)NC(C)CCO)cc1. The van der Waals surface area contributed by atoms with Gasteiger partial charge in [-0.2, -0.15) is 0 Å². The van der Waals surface area contributed by atoms with E-state index < -0.39 is 0 Å². The van der Waals surface area contributed by atoms with Gasteiger partial charge >= 0.3 is 0 Å². The lowest BCUT2D eigenvalue weighted by Gasteiger charge is -2.22. The molecule has 0 bridgehead atoms. The van der Waals surface area contributed by atoms with Gasteiger partial charge in [-0.25, -0.2) is 0 Å². The Balaban J connectivity index is 2.63. The Labute approximate surface area is 109 Å². The Morgan fingerprint density at radius 1 is 1.33 bits per heavy atom. The van der Waals surface area contributed by atoms with Crippen LogP contribution in [0.25, 0.3) is 0 Å². The quantitative estimate of drug-likeness (QED) is 0.655. The van der Waals surface area contributed by atoms with Crippen LogP contribution in [0.3, 0.4) is 0 Å². The van der Waals surface area contributed by atoms with Crippen LogP contribution >= 0.6 is 0 Å². The van der Waals surface area contributed by atoms with E-state index in [4.69, 9.17) is 15.6 Å². The van der Waals surface area contributed by atoms with Crippen LogP contribution < -0.4 is 15.8 Å². The maximum atomic E-state index is 8.90. The van der Waals surface area contributed by atoms with Crippen LogP contribution in [0.4, 0.5) is 0 Å². The standard InChI is InChI=1S/C14H24N2O2/c1-3-18-13-6-4-12(5-7-13)14(10-15)16-11(2)8-9-17/h4-7,11,14,16-17H,3,8-10,15H2,1-2H3. The van der Waals surface area contributed by atoms with E-state index in [0.29, 0.717) is 13.2 Å². The largest absolute Gasteiger partial charge is 0.494 e. The van der Waals surface area contributed by atoms with Crippen LogP contribution in [-0.2, 0) is 0 Å². The van der Waals surface area contributed by atoms with E-state index in [1.165, 1.54) is 0 Å². The van der Waals surface area contributed by atoms with Crippen molar-refractivity contribution in [1.82, 2.24) is 5.32 Å². The van der Waals surface area contributed by atoms with E-state index in [0.717, 1.165) is 17.7 Å². The minimum atomic E-state index is 0.113. The fourth-order valence-corrected chi connectivity index (χ4v) is 1.88. The summed E-state index contributed by atoms with van der Waals surface area (Å²) in [7, 11) is 0. The second-order valence-corrected chi connectivity index (χ2v) is 4.37. The van der Waals surface area contributed by atoms with Crippen LogP contribution in [0.15, 0.2) is 24.3 Å². The minimum absolute atomic E-state index is 0.113. The number of nitrogens with two attached hydrogens (primary N) is 1. The van der Waals surface area contributed by atoms with Crippen molar-refractivity contribution in [3.05, 3.63) is 29.8 Å². The van der Waals surface area contributed by atoms with E-state index in [1.807, 2.05) is 38.1 Å². The number of rotatable bonds is 8. The first kappa shape index (κ1) is 15.0. The summed E-state index contributed by atoms with van der Waals surface area (Å²) in [5, 5.41) is 12.3. The average molecular weight is 252 g/mol. The smallest absolute Gasteiger partial charge is 0.119 e. The zero-order valence-corrected chi connectivity index (χ0v) is 11.2. The first-order chi connectivity index (χ1) is 8.71. The van der Waals surface area contributed by atoms with Gasteiger partial charge in [-0.15, -0.1) is 0 Å². The van der Waals surface area contributed by atoms with E-state index in [-0.39, 0.29) is 18.7 Å². The zero-order chi connectivity index (χ0) is 13.4. The molecule has 0 aliphatic carbocycles. The molecule has 0 aromatic heterocycles. The Morgan fingerprint density at radius 2 is 2.00 bits per heavy atom. The summed E-state index contributed by atoms with van der Waals surface area (Å²) in [4.78, 5) is 0. The highest BCUT2D eigenvalue weighted by Crippen LogP contribution is 2.18. The highest BCUT2D eigenvalue weighted by molar-refractivity contribution is 5.29. The number of benzene rings is 1. The molecule has 2 unspecified atom stereocenters. The van der Waals surface area contributed by atoms with Gasteiger partial charge in [-0.3, -0.25) is 0 Å². The van der Waals surface area contributed by atoms with Crippen LogP contribution in [0.5, 0.6) is 5.75 Å². The monoisotopic (exact) mass is 252 g/mol. The second-order valence-electron chi connectivity index (χ2n) is 4.37. The van der Waals surface area contributed by atoms with Crippen molar-refractivity contribution < 1.29 is 9.84 Å². The highest BCUT2D eigenvalue weighted by Gasteiger charge is 2.12. The summed E-state index contributed by atoms with van der Waals surface area (Å²) in [6, 6.07) is 8.33. The van der Waals surface area contributed by atoms with Gasteiger partial charge in [0.25, 0.3) is 0 Å². The molecule has 1 rings (SSSR count). The van der Waals surface area contributed by atoms with Gasteiger partial charge in [0.2, 0.25) is 0 Å². The summed E-state index contributed by atoms with van der Waals surface area (Å²) in [6.45, 7) is 5.41. The van der Waals surface area contributed by atoms with E-state index in [2.05, 4.69) is 5.32 Å². The number of hydrogen-bond acceptors (Lipinski definition) is 4. The third kappa shape index (κ3) is 4.64. The van der Waals surface area contributed by atoms with Crippen molar-refractivity contribution >= 4 is 0 Å². The summed E-state index contributed by atoms with van der Waals surface area (Å²) in [6.07, 6.45) is 0.730. The molecule has 102 valence electrons. The van der Waals surface area contributed by atoms with Crippen LogP contribution in [0.2, 0.25) is 0 Å². The molecule has 1 aromatic rings. The minimum Gasteiger partial charge on any atom is -0.494 e. The molecule has 4 N–H and O–H groups in total. The van der Waals surface area contributed by atoms with Gasteiger partial charge in [0.15, 0.2) is 0 Å². The average Bonchev–Trinajstić information content (AvgIpc) is 2.38. The van der Waals surface area contributed by atoms with Crippen LogP contribution in [0.1, 0.15) is 31.9 Å². The molecule has 0 radical (unpaired) electrons. The molecule has 0 saturated carbocycles. The number of hydrogen-bond donors (Lipinski definition) is 3. The van der Waals surface area contributed by atoms with Crippen LogP contribution in [-0.4, -0.2) is 30.9 Å². The normalized spacial score (nSPS) is 14.2. The second kappa shape index (κ2) is 8.08. The van der Waals surface area contributed by atoms with Crippen molar-refractivity contribution in [2.24, 2.45) is 5.73 Å². The fourth-order valence-electron chi connectivity index (χ4n) is 1.88. The molecule has 0 spiro atoms. The molecule has 0 aliphatic heterocycles. The van der Waals surface area contributed by atoms with Gasteiger partial charge in [0, 0.05) is 25.2 Å². The van der Waals surface area contributed by atoms with Crippen molar-refractivity contribution in [3.63, 3.8) is 0 Å². The Hall–Kier alpha value is -1.10. The third-order valence-electron chi connectivity index (χ3n) is 2.88. The van der Waals surface area contributed by atoms with E-state index in [1.54, 1.807) is 0 Å². The molecule has 0 heterocycles. The molecular formula is C14H24N2O2. The predicted octanol–water partition coefficient (Wildman–Crippen LogP) is 1.45. The molecule has 0 amide bonds. The molecule has 0 aliphatic rings. The number of nitrogens with one attached hydrogen (secondary N) is 1. The first-order valence-corrected chi connectivity index (χ1v) is 6.51. The molecule has 4 nitrogen and oxygen atoms in total. The summed E-state index contributed by atoms with van der Waals surface area (Å²) >= 11 is 0. The lowest BCUT2D eigenvalue weighted by atomic mass is 10.1. The lowest BCUT2D eigenvalue weighted by Crippen LogP contribution is -2.35. The Kier molecular flexibility index (Phi) is 6.72. The molecular weight excluding hydrogens is 228 g/mol. The zero-order valence-electron chi connectivity index (χ0n) is 11.2. The van der Waals surface area contributed by atoms with Crippen LogP contribution in [0, 0.1) is 0 Å². The highest BCUT2D eigenvalue weighted by atomic mass is 16.5. The topological polar surface area (TPSA) is 67.5 Å². The maximum absolute atomic E-state index is 8.90.